The summed E-state index contributed by atoms with van der Waals surface area (Å²) in [6, 6.07) is 13.5. The molecule has 0 unspecified atom stereocenters. The van der Waals surface area contributed by atoms with Crippen molar-refractivity contribution < 1.29 is 0 Å². The second kappa shape index (κ2) is 9.57. The highest BCUT2D eigenvalue weighted by Crippen LogP contribution is 2.28. The van der Waals surface area contributed by atoms with Gasteiger partial charge in [-0.15, -0.1) is 0 Å². The lowest BCUT2D eigenvalue weighted by Crippen LogP contribution is -2.23. The maximum Gasteiger partial charge on any atom is 0.282 e. The predicted octanol–water partition coefficient (Wildman–Crippen LogP) is 7.38. The first-order valence-corrected chi connectivity index (χ1v) is 12.6. The molecule has 0 aliphatic rings. The first-order valence-electron chi connectivity index (χ1n) is 10.6. The number of hydrogen-bond acceptors (Lipinski definition) is 3. The fraction of sp³-hybridized carbons (Fsp3) is 0.240. The Kier molecular flexibility index (Phi) is 6.93. The molecule has 0 fully saturated rings. The Bertz CT molecular complexity index is 1460. The lowest BCUT2D eigenvalue weighted by molar-refractivity contribution is 0.613. The van der Waals surface area contributed by atoms with Gasteiger partial charge < -0.3 is 4.57 Å². The van der Waals surface area contributed by atoms with E-state index in [0.29, 0.717) is 21.7 Å². The molecule has 0 radical (unpaired) electrons. The minimum Gasteiger partial charge on any atom is -0.318 e. The highest BCUT2D eigenvalue weighted by molar-refractivity contribution is 9.10. The fourth-order valence-electron chi connectivity index (χ4n) is 3.84. The van der Waals surface area contributed by atoms with Gasteiger partial charge in [0.25, 0.3) is 5.56 Å². The summed E-state index contributed by atoms with van der Waals surface area (Å²) in [7, 11) is 0. The molecule has 33 heavy (non-hydrogen) atoms. The van der Waals surface area contributed by atoms with Gasteiger partial charge in [-0.2, -0.15) is 9.78 Å². The molecule has 0 aliphatic carbocycles. The average molecular weight is 591 g/mol. The second-order valence-electron chi connectivity index (χ2n) is 8.06. The molecule has 0 amide bonds. The van der Waals surface area contributed by atoms with Gasteiger partial charge in [-0.05, 0) is 78.7 Å². The molecule has 0 aliphatic heterocycles. The van der Waals surface area contributed by atoms with Crippen LogP contribution in [0.2, 0.25) is 5.02 Å². The van der Waals surface area contributed by atoms with Gasteiger partial charge in [0.1, 0.15) is 5.82 Å². The molecular formula is C25H23Br2ClN4O. The van der Waals surface area contributed by atoms with Crippen LogP contribution in [-0.4, -0.2) is 20.4 Å². The van der Waals surface area contributed by atoms with E-state index in [0.717, 1.165) is 38.0 Å². The average Bonchev–Trinajstić information content (AvgIpc) is 3.07. The standard InChI is InChI=1S/C25H23Br2ClN4O/c1-5-14(2)24-30-23-9-6-18(26)11-20(23)25(33)32(24)29-13-17-10-15(3)31(16(17)4)19-7-8-21(27)22(28)12-19/h6-14H,5H2,1-4H3/t14-/m1/s1. The molecule has 2 heterocycles. The van der Waals surface area contributed by atoms with E-state index in [-0.39, 0.29) is 11.5 Å². The number of halogens is 3. The van der Waals surface area contributed by atoms with Crippen LogP contribution in [0.5, 0.6) is 0 Å². The topological polar surface area (TPSA) is 52.2 Å². The largest absolute Gasteiger partial charge is 0.318 e. The summed E-state index contributed by atoms with van der Waals surface area (Å²) >= 11 is 13.2. The van der Waals surface area contributed by atoms with E-state index in [1.54, 1.807) is 12.3 Å². The Balaban J connectivity index is 1.84. The Labute approximate surface area is 214 Å². The number of aryl methyl sites for hydroxylation is 1. The van der Waals surface area contributed by atoms with E-state index in [1.807, 2.05) is 50.2 Å². The smallest absolute Gasteiger partial charge is 0.282 e. The number of fused-ring (bicyclic) bond motifs is 1. The lowest BCUT2D eigenvalue weighted by atomic mass is 10.1. The molecular weight excluding hydrogens is 568 g/mol. The maximum absolute atomic E-state index is 13.4. The Morgan fingerprint density at radius 3 is 2.61 bits per heavy atom. The van der Waals surface area contributed by atoms with Crippen LogP contribution < -0.4 is 5.56 Å². The van der Waals surface area contributed by atoms with E-state index >= 15 is 0 Å². The SMILES string of the molecule is CC[C@@H](C)c1nc2ccc(Br)cc2c(=O)n1N=Cc1cc(C)n(-c2ccc(Br)c(Cl)c2)c1C. The zero-order valence-corrected chi connectivity index (χ0v) is 22.7. The van der Waals surface area contributed by atoms with Crippen LogP contribution in [0.3, 0.4) is 0 Å². The van der Waals surface area contributed by atoms with Crippen molar-refractivity contribution in [1.82, 2.24) is 14.2 Å². The van der Waals surface area contributed by atoms with Crippen LogP contribution in [-0.2, 0) is 0 Å². The van der Waals surface area contributed by atoms with Crippen molar-refractivity contribution in [3.63, 3.8) is 0 Å². The first-order chi connectivity index (χ1) is 15.7. The lowest BCUT2D eigenvalue weighted by Gasteiger charge is -2.14. The van der Waals surface area contributed by atoms with Gasteiger partial charge >= 0.3 is 0 Å². The number of benzene rings is 2. The molecule has 5 nitrogen and oxygen atoms in total. The van der Waals surface area contributed by atoms with Gasteiger partial charge in [0.2, 0.25) is 0 Å². The second-order valence-corrected chi connectivity index (χ2v) is 10.2. The monoisotopic (exact) mass is 588 g/mol. The molecule has 0 saturated heterocycles. The first kappa shape index (κ1) is 23.9. The zero-order valence-electron chi connectivity index (χ0n) is 18.7. The maximum atomic E-state index is 13.4. The summed E-state index contributed by atoms with van der Waals surface area (Å²) < 4.78 is 5.24. The fourth-order valence-corrected chi connectivity index (χ4v) is 4.62. The van der Waals surface area contributed by atoms with Crippen molar-refractivity contribution in [2.45, 2.75) is 40.0 Å². The highest BCUT2D eigenvalue weighted by Gasteiger charge is 2.16. The van der Waals surface area contributed by atoms with E-state index in [4.69, 9.17) is 16.6 Å². The summed E-state index contributed by atoms with van der Waals surface area (Å²) in [6.45, 7) is 8.19. The summed E-state index contributed by atoms with van der Waals surface area (Å²) in [5.74, 6) is 0.738. The van der Waals surface area contributed by atoms with Crippen LogP contribution in [0.1, 0.15) is 49.0 Å². The molecule has 4 aromatic rings. The quantitative estimate of drug-likeness (QED) is 0.228. The molecule has 1 atom stereocenters. The minimum absolute atomic E-state index is 0.0836. The summed E-state index contributed by atoms with van der Waals surface area (Å²) in [5, 5.41) is 5.80. The summed E-state index contributed by atoms with van der Waals surface area (Å²) in [5.41, 5.74) is 4.43. The third-order valence-electron chi connectivity index (χ3n) is 5.83. The number of rotatable bonds is 5. The number of nitrogens with zero attached hydrogens (tertiary/aromatic N) is 4. The van der Waals surface area contributed by atoms with Gasteiger partial charge in [-0.3, -0.25) is 4.79 Å². The van der Waals surface area contributed by atoms with E-state index in [9.17, 15) is 4.79 Å². The molecule has 2 aromatic heterocycles. The molecule has 8 heteroatoms. The van der Waals surface area contributed by atoms with E-state index in [1.165, 1.54) is 4.68 Å². The molecule has 0 spiro atoms. The van der Waals surface area contributed by atoms with Crippen LogP contribution >= 0.6 is 43.5 Å². The van der Waals surface area contributed by atoms with E-state index in [2.05, 4.69) is 55.4 Å². The Morgan fingerprint density at radius 1 is 1.15 bits per heavy atom. The molecule has 170 valence electrons. The molecule has 0 N–H and O–H groups in total. The Morgan fingerprint density at radius 2 is 1.91 bits per heavy atom. The van der Waals surface area contributed by atoms with Gasteiger partial charge in [0.15, 0.2) is 0 Å². The molecule has 4 rings (SSSR count). The summed E-state index contributed by atoms with van der Waals surface area (Å²) in [6.07, 6.45) is 2.58. The van der Waals surface area contributed by atoms with Crippen molar-refractivity contribution >= 4 is 60.6 Å². The van der Waals surface area contributed by atoms with Gasteiger partial charge in [-0.1, -0.05) is 41.4 Å². The van der Waals surface area contributed by atoms with Gasteiger partial charge in [0, 0.05) is 37.5 Å². The number of aromatic nitrogens is 3. The van der Waals surface area contributed by atoms with Crippen LogP contribution in [0, 0.1) is 13.8 Å². The third-order valence-corrected chi connectivity index (χ3v) is 7.56. The van der Waals surface area contributed by atoms with E-state index < -0.39 is 0 Å². The highest BCUT2D eigenvalue weighted by atomic mass is 79.9. The van der Waals surface area contributed by atoms with Crippen molar-refractivity contribution in [1.29, 1.82) is 0 Å². The van der Waals surface area contributed by atoms with Crippen LogP contribution in [0.25, 0.3) is 16.6 Å². The van der Waals surface area contributed by atoms with Crippen molar-refractivity contribution in [3.05, 3.63) is 89.6 Å². The normalized spacial score (nSPS) is 12.7. The van der Waals surface area contributed by atoms with Gasteiger partial charge in [0.05, 0.1) is 22.1 Å². The molecule has 0 saturated carbocycles. The minimum atomic E-state index is -0.179. The Hall–Kier alpha value is -2.22. The van der Waals surface area contributed by atoms with Crippen LogP contribution in [0.15, 0.2) is 61.3 Å². The predicted molar refractivity (Wildman–Crippen MR) is 143 cm³/mol. The molecule has 0 bridgehead atoms. The molecule has 2 aromatic carbocycles. The van der Waals surface area contributed by atoms with Crippen LogP contribution in [0.4, 0.5) is 0 Å². The van der Waals surface area contributed by atoms with Crippen molar-refractivity contribution in [3.8, 4) is 5.69 Å². The number of hydrogen-bond donors (Lipinski definition) is 0. The van der Waals surface area contributed by atoms with Crippen molar-refractivity contribution in [2.24, 2.45) is 5.10 Å². The van der Waals surface area contributed by atoms with Crippen molar-refractivity contribution in [2.75, 3.05) is 0 Å². The van der Waals surface area contributed by atoms with Gasteiger partial charge in [-0.25, -0.2) is 4.98 Å². The third kappa shape index (κ3) is 4.59. The summed E-state index contributed by atoms with van der Waals surface area (Å²) in [4.78, 5) is 18.1. The zero-order chi connectivity index (χ0) is 23.9.